The predicted molar refractivity (Wildman–Crippen MR) is 99.3 cm³/mol. The smallest absolute Gasteiger partial charge is 0.0480 e. The first kappa shape index (κ1) is 15.0. The number of hydrogen-bond acceptors (Lipinski definition) is 2. The zero-order chi connectivity index (χ0) is 14.8. The minimum atomic E-state index is 0.830. The molecule has 0 aliphatic heterocycles. The van der Waals surface area contributed by atoms with Gasteiger partial charge in [-0.3, -0.25) is 0 Å². The largest absolute Gasteiger partial charge is 0.143 e. The van der Waals surface area contributed by atoms with E-state index in [9.17, 15) is 0 Å². The second kappa shape index (κ2) is 6.88. The molecular weight excluding hydrogens is 304 g/mol. The first-order valence-corrected chi connectivity index (χ1v) is 10.8. The van der Waals surface area contributed by atoms with Gasteiger partial charge in [-0.05, 0) is 71.5 Å². The molecule has 0 amide bonds. The molecule has 0 nitrogen and oxygen atoms in total. The van der Waals surface area contributed by atoms with Crippen LogP contribution in [0.2, 0.25) is 0 Å². The van der Waals surface area contributed by atoms with E-state index in [0.717, 1.165) is 11.8 Å². The molecule has 2 saturated carbocycles. The van der Waals surface area contributed by atoms with Gasteiger partial charge in [-0.2, -0.15) is 0 Å². The van der Waals surface area contributed by atoms with Crippen molar-refractivity contribution in [2.45, 2.75) is 76.0 Å². The monoisotopic (exact) mass is 330 g/mol. The van der Waals surface area contributed by atoms with E-state index in [1.54, 1.807) is 20.9 Å². The molecule has 2 aliphatic rings. The summed E-state index contributed by atoms with van der Waals surface area (Å²) in [6, 6.07) is 4.86. The van der Waals surface area contributed by atoms with Gasteiger partial charge in [-0.25, -0.2) is 0 Å². The summed E-state index contributed by atoms with van der Waals surface area (Å²) in [4.78, 5) is 3.23. The SMILES string of the molecule is c1cc(C2CCCCC2)c(-c2sccc2C2CCCCC2)s1. The van der Waals surface area contributed by atoms with Gasteiger partial charge in [0, 0.05) is 9.75 Å². The van der Waals surface area contributed by atoms with Crippen LogP contribution < -0.4 is 0 Å². The van der Waals surface area contributed by atoms with E-state index in [1.807, 2.05) is 22.7 Å². The molecular formula is C20H26S2. The van der Waals surface area contributed by atoms with E-state index in [2.05, 4.69) is 22.9 Å². The van der Waals surface area contributed by atoms with Crippen molar-refractivity contribution in [1.82, 2.24) is 0 Å². The summed E-state index contributed by atoms with van der Waals surface area (Å²) < 4.78 is 0. The third-order valence-electron chi connectivity index (χ3n) is 5.69. The summed E-state index contributed by atoms with van der Waals surface area (Å²) >= 11 is 3.98. The average Bonchev–Trinajstić information content (AvgIpc) is 3.25. The van der Waals surface area contributed by atoms with Gasteiger partial charge in [0.05, 0.1) is 0 Å². The number of rotatable bonds is 3. The van der Waals surface area contributed by atoms with E-state index in [4.69, 9.17) is 0 Å². The average molecular weight is 331 g/mol. The van der Waals surface area contributed by atoms with Gasteiger partial charge in [0.1, 0.15) is 0 Å². The molecule has 0 spiro atoms. The van der Waals surface area contributed by atoms with Crippen LogP contribution in [0.4, 0.5) is 0 Å². The zero-order valence-corrected chi connectivity index (χ0v) is 15.0. The van der Waals surface area contributed by atoms with E-state index < -0.39 is 0 Å². The normalized spacial score (nSPS) is 21.3. The van der Waals surface area contributed by atoms with Crippen molar-refractivity contribution in [3.8, 4) is 9.75 Å². The molecule has 2 aromatic rings. The molecule has 0 atom stereocenters. The Kier molecular flexibility index (Phi) is 4.68. The van der Waals surface area contributed by atoms with E-state index >= 15 is 0 Å². The first-order chi connectivity index (χ1) is 10.9. The topological polar surface area (TPSA) is 0 Å². The highest BCUT2D eigenvalue weighted by Crippen LogP contribution is 2.47. The summed E-state index contributed by atoms with van der Waals surface area (Å²) in [6.45, 7) is 0. The molecule has 0 aromatic carbocycles. The van der Waals surface area contributed by atoms with Gasteiger partial charge in [-0.1, -0.05) is 38.5 Å². The lowest BCUT2D eigenvalue weighted by Gasteiger charge is -2.24. The Labute approximate surface area is 142 Å². The maximum atomic E-state index is 2.43. The Morgan fingerprint density at radius 3 is 1.41 bits per heavy atom. The van der Waals surface area contributed by atoms with Crippen LogP contribution in [0.25, 0.3) is 9.75 Å². The van der Waals surface area contributed by atoms with Crippen LogP contribution >= 0.6 is 22.7 Å². The fourth-order valence-corrected chi connectivity index (χ4v) is 6.66. The fraction of sp³-hybridized carbons (Fsp3) is 0.600. The first-order valence-electron chi connectivity index (χ1n) is 9.08. The zero-order valence-electron chi connectivity index (χ0n) is 13.4. The molecule has 22 heavy (non-hydrogen) atoms. The third kappa shape index (κ3) is 2.92. The molecule has 0 unspecified atom stereocenters. The molecule has 118 valence electrons. The molecule has 0 bridgehead atoms. The molecule has 4 rings (SSSR count). The molecule has 0 N–H and O–H groups in total. The Hall–Kier alpha value is -0.600. The van der Waals surface area contributed by atoms with Gasteiger partial charge < -0.3 is 0 Å². The maximum absolute atomic E-state index is 2.43. The van der Waals surface area contributed by atoms with Crippen molar-refractivity contribution >= 4 is 22.7 Å². The lowest BCUT2D eigenvalue weighted by Crippen LogP contribution is -2.06. The lowest BCUT2D eigenvalue weighted by molar-refractivity contribution is 0.443. The van der Waals surface area contributed by atoms with Crippen LogP contribution in [0.1, 0.15) is 87.2 Å². The Morgan fingerprint density at radius 2 is 1.00 bits per heavy atom. The molecule has 0 saturated heterocycles. The lowest BCUT2D eigenvalue weighted by atomic mass is 9.82. The number of hydrogen-bond donors (Lipinski definition) is 0. The fourth-order valence-electron chi connectivity index (χ4n) is 4.48. The highest BCUT2D eigenvalue weighted by atomic mass is 32.1. The van der Waals surface area contributed by atoms with Gasteiger partial charge >= 0.3 is 0 Å². The van der Waals surface area contributed by atoms with Crippen LogP contribution in [0.5, 0.6) is 0 Å². The highest BCUT2D eigenvalue weighted by Gasteiger charge is 2.25. The minimum absolute atomic E-state index is 0.830. The van der Waals surface area contributed by atoms with Crippen LogP contribution in [0.15, 0.2) is 22.9 Å². The van der Waals surface area contributed by atoms with Crippen LogP contribution in [-0.4, -0.2) is 0 Å². The summed E-state index contributed by atoms with van der Waals surface area (Å²) in [7, 11) is 0. The van der Waals surface area contributed by atoms with Gasteiger partial charge in [0.15, 0.2) is 0 Å². The quantitative estimate of drug-likeness (QED) is 0.544. The molecule has 2 heterocycles. The second-order valence-electron chi connectivity index (χ2n) is 7.08. The van der Waals surface area contributed by atoms with Crippen molar-refractivity contribution in [1.29, 1.82) is 0 Å². The maximum Gasteiger partial charge on any atom is 0.0480 e. The van der Waals surface area contributed by atoms with Crippen molar-refractivity contribution in [3.05, 3.63) is 34.0 Å². The Morgan fingerprint density at radius 1 is 0.591 bits per heavy atom. The summed E-state index contributed by atoms with van der Waals surface area (Å²) in [5, 5.41) is 4.67. The van der Waals surface area contributed by atoms with Crippen LogP contribution in [0, 0.1) is 0 Å². The predicted octanol–water partition coefficient (Wildman–Crippen LogP) is 7.57. The Bertz CT molecular complexity index is 541. The van der Waals surface area contributed by atoms with Crippen LogP contribution in [0.3, 0.4) is 0 Å². The van der Waals surface area contributed by atoms with Crippen LogP contribution in [-0.2, 0) is 0 Å². The molecule has 0 radical (unpaired) electrons. The van der Waals surface area contributed by atoms with E-state index in [0.29, 0.717) is 0 Å². The molecule has 2 fully saturated rings. The molecule has 2 heteroatoms. The highest BCUT2D eigenvalue weighted by molar-refractivity contribution is 7.20. The van der Waals surface area contributed by atoms with Gasteiger partial charge in [0.25, 0.3) is 0 Å². The molecule has 2 aromatic heterocycles. The Balaban J connectivity index is 1.65. The van der Waals surface area contributed by atoms with Crippen molar-refractivity contribution in [3.63, 3.8) is 0 Å². The van der Waals surface area contributed by atoms with Gasteiger partial charge in [0.2, 0.25) is 0 Å². The summed E-state index contributed by atoms with van der Waals surface area (Å²) in [6.07, 6.45) is 14.3. The summed E-state index contributed by atoms with van der Waals surface area (Å²) in [5.41, 5.74) is 3.34. The van der Waals surface area contributed by atoms with Crippen molar-refractivity contribution in [2.24, 2.45) is 0 Å². The summed E-state index contributed by atoms with van der Waals surface area (Å²) in [5.74, 6) is 1.66. The number of thiophene rings is 2. The third-order valence-corrected chi connectivity index (χ3v) is 7.71. The molecule has 2 aliphatic carbocycles. The minimum Gasteiger partial charge on any atom is -0.143 e. The van der Waals surface area contributed by atoms with Crippen molar-refractivity contribution in [2.75, 3.05) is 0 Å². The standard InChI is InChI=1S/C20H26S2/c1-3-7-15(8-4-1)17-11-13-21-19(17)20-18(12-14-22-20)16-9-5-2-6-10-16/h11-16H,1-10H2. The van der Waals surface area contributed by atoms with E-state index in [1.165, 1.54) is 64.2 Å². The van der Waals surface area contributed by atoms with Crippen molar-refractivity contribution < 1.29 is 0 Å². The second-order valence-corrected chi connectivity index (χ2v) is 8.91. The van der Waals surface area contributed by atoms with Gasteiger partial charge in [-0.15, -0.1) is 22.7 Å². The van der Waals surface area contributed by atoms with E-state index in [-0.39, 0.29) is 0 Å².